The average molecular weight is 236 g/mol. The van der Waals surface area contributed by atoms with Crippen LogP contribution in [-0.2, 0) is 4.74 Å². The first-order valence-electron chi connectivity index (χ1n) is 5.56. The normalized spacial score (nSPS) is 19.0. The molecule has 2 rings (SSSR count). The summed E-state index contributed by atoms with van der Waals surface area (Å²) >= 11 is 0. The van der Waals surface area contributed by atoms with Crippen molar-refractivity contribution in [3.63, 3.8) is 0 Å². The number of carbonyl (C=O) groups excluding carboxylic acids is 1. The fraction of sp³-hybridized carbons (Fsp3) is 0.417. The van der Waals surface area contributed by atoms with Gasteiger partial charge in [0.1, 0.15) is 11.9 Å². The van der Waals surface area contributed by atoms with Crippen molar-refractivity contribution in [2.45, 2.75) is 12.5 Å². The van der Waals surface area contributed by atoms with Crippen LogP contribution in [0.5, 0.6) is 5.75 Å². The van der Waals surface area contributed by atoms with Gasteiger partial charge in [0.05, 0.1) is 18.9 Å². The maximum Gasteiger partial charge on any atom is 0.251 e. The third kappa shape index (κ3) is 2.68. The lowest BCUT2D eigenvalue weighted by Gasteiger charge is -2.14. The highest BCUT2D eigenvalue weighted by atomic mass is 16.5. The van der Waals surface area contributed by atoms with Crippen molar-refractivity contribution >= 4 is 11.6 Å². The Labute approximate surface area is 99.9 Å². The fourth-order valence-corrected chi connectivity index (χ4v) is 1.73. The van der Waals surface area contributed by atoms with E-state index in [0.717, 1.165) is 13.0 Å². The Bertz CT molecular complexity index is 414. The van der Waals surface area contributed by atoms with E-state index in [-0.39, 0.29) is 12.0 Å². The highest BCUT2D eigenvalue weighted by Crippen LogP contribution is 2.25. The van der Waals surface area contributed by atoms with Gasteiger partial charge in [0.2, 0.25) is 0 Å². The number of anilines is 1. The van der Waals surface area contributed by atoms with E-state index in [1.807, 2.05) is 0 Å². The van der Waals surface area contributed by atoms with Crippen molar-refractivity contribution in [3.8, 4) is 5.75 Å². The Kier molecular flexibility index (Phi) is 3.49. The largest absolute Gasteiger partial charge is 0.486 e. The van der Waals surface area contributed by atoms with Crippen molar-refractivity contribution in [1.29, 1.82) is 0 Å². The quantitative estimate of drug-likeness (QED) is 0.761. The van der Waals surface area contributed by atoms with Gasteiger partial charge in [-0.25, -0.2) is 0 Å². The molecule has 1 atom stereocenters. The molecule has 1 aliphatic rings. The summed E-state index contributed by atoms with van der Waals surface area (Å²) in [6.07, 6.45) is 0.930. The van der Waals surface area contributed by atoms with E-state index in [0.29, 0.717) is 23.6 Å². The maximum atomic E-state index is 11.4. The van der Waals surface area contributed by atoms with Crippen molar-refractivity contribution in [3.05, 3.63) is 23.8 Å². The second-order valence-corrected chi connectivity index (χ2v) is 3.94. The van der Waals surface area contributed by atoms with Crippen molar-refractivity contribution in [1.82, 2.24) is 5.32 Å². The molecule has 1 aromatic rings. The molecule has 3 N–H and O–H groups in total. The first-order valence-corrected chi connectivity index (χ1v) is 5.56. The van der Waals surface area contributed by atoms with Gasteiger partial charge in [0.15, 0.2) is 0 Å². The second kappa shape index (κ2) is 5.05. The number of ether oxygens (including phenoxy) is 2. The minimum absolute atomic E-state index is 0.0585. The van der Waals surface area contributed by atoms with Gasteiger partial charge in [0.25, 0.3) is 5.91 Å². The van der Waals surface area contributed by atoms with Crippen LogP contribution in [0.15, 0.2) is 18.2 Å². The zero-order valence-corrected chi connectivity index (χ0v) is 9.73. The minimum atomic E-state index is -0.160. The standard InChI is InChI=1S/C12H16N2O3/c1-14-12(15)8-2-3-11(10(13)6-8)17-9-4-5-16-7-9/h2-3,6,9H,4-5,7,13H2,1H3,(H,14,15). The molecule has 1 unspecified atom stereocenters. The summed E-state index contributed by atoms with van der Waals surface area (Å²) < 4.78 is 10.9. The minimum Gasteiger partial charge on any atom is -0.486 e. The summed E-state index contributed by atoms with van der Waals surface area (Å²) in [7, 11) is 1.58. The number of hydrogen-bond donors (Lipinski definition) is 2. The lowest BCUT2D eigenvalue weighted by molar-refractivity contribution is 0.0963. The van der Waals surface area contributed by atoms with Crippen LogP contribution in [-0.4, -0.2) is 32.3 Å². The van der Waals surface area contributed by atoms with E-state index in [1.165, 1.54) is 0 Å². The molecule has 1 aliphatic heterocycles. The molecule has 5 heteroatoms. The average Bonchev–Trinajstić information content (AvgIpc) is 2.83. The van der Waals surface area contributed by atoms with Crippen molar-refractivity contribution in [2.75, 3.05) is 26.0 Å². The molecule has 17 heavy (non-hydrogen) atoms. The Morgan fingerprint density at radius 2 is 2.41 bits per heavy atom. The molecule has 1 amide bonds. The van der Waals surface area contributed by atoms with Crippen LogP contribution in [0.2, 0.25) is 0 Å². The molecule has 1 aromatic carbocycles. The van der Waals surface area contributed by atoms with E-state index in [4.69, 9.17) is 15.2 Å². The van der Waals surface area contributed by atoms with Crippen LogP contribution in [0, 0.1) is 0 Å². The molecule has 0 aliphatic carbocycles. The first kappa shape index (κ1) is 11.7. The van der Waals surface area contributed by atoms with E-state index >= 15 is 0 Å². The monoisotopic (exact) mass is 236 g/mol. The molecule has 92 valence electrons. The molecule has 5 nitrogen and oxygen atoms in total. The Balaban J connectivity index is 2.10. The molecule has 0 saturated carbocycles. The number of carbonyl (C=O) groups is 1. The number of nitrogens with two attached hydrogens (primary N) is 1. The van der Waals surface area contributed by atoms with Crippen LogP contribution >= 0.6 is 0 Å². The maximum absolute atomic E-state index is 11.4. The van der Waals surface area contributed by atoms with E-state index in [1.54, 1.807) is 25.2 Å². The number of nitrogen functional groups attached to an aromatic ring is 1. The van der Waals surface area contributed by atoms with Gasteiger partial charge < -0.3 is 20.5 Å². The highest BCUT2D eigenvalue weighted by Gasteiger charge is 2.18. The zero-order valence-electron chi connectivity index (χ0n) is 9.73. The summed E-state index contributed by atoms with van der Waals surface area (Å²) in [5.74, 6) is 0.445. The fourth-order valence-electron chi connectivity index (χ4n) is 1.73. The Morgan fingerprint density at radius 3 is 3.00 bits per heavy atom. The summed E-state index contributed by atoms with van der Waals surface area (Å²) in [4.78, 5) is 11.4. The Morgan fingerprint density at radius 1 is 1.59 bits per heavy atom. The summed E-state index contributed by atoms with van der Waals surface area (Å²) in [5, 5.41) is 2.55. The van der Waals surface area contributed by atoms with Crippen LogP contribution in [0.25, 0.3) is 0 Å². The van der Waals surface area contributed by atoms with Gasteiger partial charge in [-0.3, -0.25) is 4.79 Å². The number of amides is 1. The summed E-state index contributed by atoms with van der Waals surface area (Å²) in [6, 6.07) is 5.03. The SMILES string of the molecule is CNC(=O)c1ccc(OC2CCOC2)c(N)c1. The van der Waals surface area contributed by atoms with Gasteiger partial charge in [-0.05, 0) is 18.2 Å². The smallest absolute Gasteiger partial charge is 0.251 e. The summed E-state index contributed by atoms with van der Waals surface area (Å²) in [5.41, 5.74) is 6.84. The topological polar surface area (TPSA) is 73.6 Å². The van der Waals surface area contributed by atoms with Crippen LogP contribution in [0.1, 0.15) is 16.8 Å². The molecule has 0 bridgehead atoms. The molecule has 1 fully saturated rings. The van der Waals surface area contributed by atoms with Gasteiger partial charge >= 0.3 is 0 Å². The first-order chi connectivity index (χ1) is 8.20. The van der Waals surface area contributed by atoms with E-state index < -0.39 is 0 Å². The third-order valence-electron chi connectivity index (χ3n) is 2.68. The van der Waals surface area contributed by atoms with Gasteiger partial charge in [-0.2, -0.15) is 0 Å². The molecule has 0 aromatic heterocycles. The number of hydrogen-bond acceptors (Lipinski definition) is 4. The zero-order chi connectivity index (χ0) is 12.3. The second-order valence-electron chi connectivity index (χ2n) is 3.94. The molecular formula is C12H16N2O3. The van der Waals surface area contributed by atoms with Crippen molar-refractivity contribution < 1.29 is 14.3 Å². The van der Waals surface area contributed by atoms with Crippen LogP contribution in [0.3, 0.4) is 0 Å². The van der Waals surface area contributed by atoms with Crippen LogP contribution < -0.4 is 15.8 Å². The van der Waals surface area contributed by atoms with Crippen LogP contribution in [0.4, 0.5) is 5.69 Å². The summed E-state index contributed by atoms with van der Waals surface area (Å²) in [6.45, 7) is 1.32. The number of rotatable bonds is 3. The van der Waals surface area contributed by atoms with Gasteiger partial charge in [0, 0.05) is 19.0 Å². The third-order valence-corrected chi connectivity index (χ3v) is 2.68. The highest BCUT2D eigenvalue weighted by molar-refractivity contribution is 5.95. The molecule has 1 heterocycles. The van der Waals surface area contributed by atoms with E-state index in [9.17, 15) is 4.79 Å². The Hall–Kier alpha value is -1.75. The van der Waals surface area contributed by atoms with Gasteiger partial charge in [-0.15, -0.1) is 0 Å². The molecular weight excluding hydrogens is 220 g/mol. The number of benzene rings is 1. The predicted molar refractivity (Wildman–Crippen MR) is 64.1 cm³/mol. The molecule has 1 saturated heterocycles. The lowest BCUT2D eigenvalue weighted by Crippen LogP contribution is -2.19. The van der Waals surface area contributed by atoms with Crippen molar-refractivity contribution in [2.24, 2.45) is 0 Å². The lowest BCUT2D eigenvalue weighted by atomic mass is 10.1. The molecule has 0 radical (unpaired) electrons. The predicted octanol–water partition coefficient (Wildman–Crippen LogP) is 0.796. The van der Waals surface area contributed by atoms with E-state index in [2.05, 4.69) is 5.32 Å². The number of nitrogens with one attached hydrogen (secondary N) is 1. The molecule has 0 spiro atoms. The van der Waals surface area contributed by atoms with Gasteiger partial charge in [-0.1, -0.05) is 0 Å².